The van der Waals surface area contributed by atoms with E-state index in [9.17, 15) is 0 Å². The van der Waals surface area contributed by atoms with E-state index in [1.165, 1.54) is 19.4 Å². The fraction of sp³-hybridized carbons (Fsp3) is 0.600. The number of nitrogens with one attached hydrogen (secondary N) is 1. The van der Waals surface area contributed by atoms with Gasteiger partial charge in [-0.2, -0.15) is 0 Å². The van der Waals surface area contributed by atoms with Crippen LogP contribution in [-0.2, 0) is 0 Å². The standard InChI is InChI=1S/C15H26BrN3/c1-4-19(5-2)10-6-7-12(3)18-15-9-8-13(17)11-14(15)16/h8-9,11-12,18H,4-7,10,17H2,1-3H3. The van der Waals surface area contributed by atoms with E-state index in [-0.39, 0.29) is 0 Å². The summed E-state index contributed by atoms with van der Waals surface area (Å²) < 4.78 is 1.03. The molecule has 0 bridgehead atoms. The minimum Gasteiger partial charge on any atom is -0.399 e. The van der Waals surface area contributed by atoms with Gasteiger partial charge in [-0.15, -0.1) is 0 Å². The highest BCUT2D eigenvalue weighted by Gasteiger charge is 2.06. The molecule has 108 valence electrons. The van der Waals surface area contributed by atoms with Crippen molar-refractivity contribution < 1.29 is 0 Å². The Bertz CT molecular complexity index is 378. The molecule has 3 N–H and O–H groups in total. The van der Waals surface area contributed by atoms with E-state index in [1.807, 2.05) is 18.2 Å². The third-order valence-electron chi connectivity index (χ3n) is 3.40. The SMILES string of the molecule is CCN(CC)CCCC(C)Nc1ccc(N)cc1Br. The van der Waals surface area contributed by atoms with Crippen LogP contribution < -0.4 is 11.1 Å². The van der Waals surface area contributed by atoms with E-state index >= 15 is 0 Å². The van der Waals surface area contributed by atoms with Crippen LogP contribution in [0, 0.1) is 0 Å². The first-order chi connectivity index (χ1) is 9.06. The first-order valence-electron chi connectivity index (χ1n) is 7.10. The monoisotopic (exact) mass is 327 g/mol. The predicted molar refractivity (Wildman–Crippen MR) is 88.7 cm³/mol. The summed E-state index contributed by atoms with van der Waals surface area (Å²) >= 11 is 3.54. The van der Waals surface area contributed by atoms with Gasteiger partial charge in [0, 0.05) is 21.9 Å². The zero-order chi connectivity index (χ0) is 14.3. The quantitative estimate of drug-likeness (QED) is 0.710. The van der Waals surface area contributed by atoms with Crippen LogP contribution in [0.5, 0.6) is 0 Å². The molecule has 0 heterocycles. The number of nitrogen functional groups attached to an aromatic ring is 1. The number of benzene rings is 1. The van der Waals surface area contributed by atoms with E-state index < -0.39 is 0 Å². The summed E-state index contributed by atoms with van der Waals surface area (Å²) in [5.74, 6) is 0. The van der Waals surface area contributed by atoms with Gasteiger partial charge in [-0.3, -0.25) is 0 Å². The third-order valence-corrected chi connectivity index (χ3v) is 4.06. The fourth-order valence-corrected chi connectivity index (χ4v) is 2.66. The Hall–Kier alpha value is -0.740. The van der Waals surface area contributed by atoms with Crippen LogP contribution in [0.2, 0.25) is 0 Å². The Kier molecular flexibility index (Phi) is 7.24. The Morgan fingerprint density at radius 3 is 2.58 bits per heavy atom. The lowest BCUT2D eigenvalue weighted by Crippen LogP contribution is -2.25. The molecule has 0 spiro atoms. The summed E-state index contributed by atoms with van der Waals surface area (Å²) in [6, 6.07) is 6.36. The third kappa shape index (κ3) is 5.83. The number of hydrogen-bond acceptors (Lipinski definition) is 3. The molecule has 0 aliphatic heterocycles. The van der Waals surface area contributed by atoms with Crippen LogP contribution in [0.15, 0.2) is 22.7 Å². The van der Waals surface area contributed by atoms with Gasteiger partial charge in [0.05, 0.1) is 0 Å². The molecular formula is C15H26BrN3. The van der Waals surface area contributed by atoms with Crippen molar-refractivity contribution >= 4 is 27.3 Å². The molecule has 0 aliphatic carbocycles. The summed E-state index contributed by atoms with van der Waals surface area (Å²) in [7, 11) is 0. The van der Waals surface area contributed by atoms with Gasteiger partial charge in [-0.05, 0) is 73.5 Å². The number of anilines is 2. The van der Waals surface area contributed by atoms with Gasteiger partial charge >= 0.3 is 0 Å². The average molecular weight is 328 g/mol. The second-order valence-corrected chi connectivity index (χ2v) is 5.81. The average Bonchev–Trinajstić information content (AvgIpc) is 2.38. The van der Waals surface area contributed by atoms with Crippen molar-refractivity contribution in [3.8, 4) is 0 Å². The van der Waals surface area contributed by atoms with Crippen LogP contribution in [0.25, 0.3) is 0 Å². The van der Waals surface area contributed by atoms with Crippen molar-refractivity contribution in [2.75, 3.05) is 30.7 Å². The lowest BCUT2D eigenvalue weighted by Gasteiger charge is -2.20. The summed E-state index contributed by atoms with van der Waals surface area (Å²) in [6.07, 6.45) is 2.40. The molecule has 1 rings (SSSR count). The molecule has 4 heteroatoms. The molecule has 1 aromatic carbocycles. The predicted octanol–water partition coefficient (Wildman–Crippen LogP) is 3.95. The zero-order valence-corrected chi connectivity index (χ0v) is 13.8. The minimum absolute atomic E-state index is 0.468. The highest BCUT2D eigenvalue weighted by Crippen LogP contribution is 2.25. The molecule has 0 fully saturated rings. The normalized spacial score (nSPS) is 12.7. The van der Waals surface area contributed by atoms with Crippen molar-refractivity contribution in [1.82, 2.24) is 4.90 Å². The molecule has 0 amide bonds. The summed E-state index contributed by atoms with van der Waals surface area (Å²) in [6.45, 7) is 10.1. The van der Waals surface area contributed by atoms with E-state index in [0.717, 1.165) is 28.9 Å². The molecule has 0 saturated carbocycles. The molecule has 19 heavy (non-hydrogen) atoms. The lowest BCUT2D eigenvalue weighted by molar-refractivity contribution is 0.295. The van der Waals surface area contributed by atoms with Crippen molar-refractivity contribution in [1.29, 1.82) is 0 Å². The van der Waals surface area contributed by atoms with Gasteiger partial charge < -0.3 is 16.0 Å². The van der Waals surface area contributed by atoms with Crippen molar-refractivity contribution in [3.05, 3.63) is 22.7 Å². The first-order valence-corrected chi connectivity index (χ1v) is 7.90. The van der Waals surface area contributed by atoms with Crippen LogP contribution in [0.3, 0.4) is 0 Å². The number of hydrogen-bond donors (Lipinski definition) is 2. The summed E-state index contributed by atoms with van der Waals surface area (Å²) in [5, 5.41) is 3.53. The maximum Gasteiger partial charge on any atom is 0.0488 e. The number of nitrogens with zero attached hydrogens (tertiary/aromatic N) is 1. The first kappa shape index (κ1) is 16.3. The molecule has 0 aliphatic rings. The van der Waals surface area contributed by atoms with Gasteiger partial charge in [-0.1, -0.05) is 13.8 Å². The van der Waals surface area contributed by atoms with E-state index in [1.54, 1.807) is 0 Å². The van der Waals surface area contributed by atoms with Crippen molar-refractivity contribution in [3.63, 3.8) is 0 Å². The Morgan fingerprint density at radius 1 is 1.32 bits per heavy atom. The van der Waals surface area contributed by atoms with Gasteiger partial charge in [0.15, 0.2) is 0 Å². The van der Waals surface area contributed by atoms with Gasteiger partial charge in [-0.25, -0.2) is 0 Å². The van der Waals surface area contributed by atoms with E-state index in [4.69, 9.17) is 5.73 Å². The van der Waals surface area contributed by atoms with E-state index in [0.29, 0.717) is 6.04 Å². The number of rotatable bonds is 8. The fourth-order valence-electron chi connectivity index (χ4n) is 2.15. The molecule has 1 atom stereocenters. The Balaban J connectivity index is 2.36. The molecule has 0 radical (unpaired) electrons. The highest BCUT2D eigenvalue weighted by atomic mass is 79.9. The Labute approximate surface area is 125 Å². The minimum atomic E-state index is 0.468. The molecule has 1 unspecified atom stereocenters. The smallest absolute Gasteiger partial charge is 0.0488 e. The molecule has 0 saturated heterocycles. The van der Waals surface area contributed by atoms with Crippen LogP contribution in [0.4, 0.5) is 11.4 Å². The van der Waals surface area contributed by atoms with Crippen LogP contribution in [0.1, 0.15) is 33.6 Å². The van der Waals surface area contributed by atoms with Gasteiger partial charge in [0.2, 0.25) is 0 Å². The second-order valence-electron chi connectivity index (χ2n) is 4.95. The largest absolute Gasteiger partial charge is 0.399 e. The maximum absolute atomic E-state index is 5.74. The van der Waals surface area contributed by atoms with Crippen LogP contribution in [-0.4, -0.2) is 30.6 Å². The zero-order valence-electron chi connectivity index (χ0n) is 12.2. The summed E-state index contributed by atoms with van der Waals surface area (Å²) in [4.78, 5) is 2.46. The highest BCUT2D eigenvalue weighted by molar-refractivity contribution is 9.10. The van der Waals surface area contributed by atoms with Crippen LogP contribution >= 0.6 is 15.9 Å². The second kappa shape index (κ2) is 8.43. The maximum atomic E-state index is 5.74. The number of halogens is 1. The van der Waals surface area contributed by atoms with E-state index in [2.05, 4.69) is 46.9 Å². The van der Waals surface area contributed by atoms with Gasteiger partial charge in [0.25, 0.3) is 0 Å². The number of nitrogens with two attached hydrogens (primary N) is 1. The Morgan fingerprint density at radius 2 is 2.00 bits per heavy atom. The molecule has 1 aromatic rings. The lowest BCUT2D eigenvalue weighted by atomic mass is 10.1. The summed E-state index contributed by atoms with van der Waals surface area (Å²) in [5.41, 5.74) is 7.64. The molecule has 0 aromatic heterocycles. The molecular weight excluding hydrogens is 302 g/mol. The van der Waals surface area contributed by atoms with Crippen molar-refractivity contribution in [2.24, 2.45) is 0 Å². The van der Waals surface area contributed by atoms with Gasteiger partial charge in [0.1, 0.15) is 0 Å². The molecule has 3 nitrogen and oxygen atoms in total. The van der Waals surface area contributed by atoms with Crippen molar-refractivity contribution in [2.45, 2.75) is 39.7 Å². The topological polar surface area (TPSA) is 41.3 Å².